The number of imide groups is 1. The first-order chi connectivity index (χ1) is 17.9. The minimum atomic E-state index is -0.752. The van der Waals surface area contributed by atoms with Crippen LogP contribution < -0.4 is 10.2 Å². The molecule has 1 N–H and O–H groups in total. The Morgan fingerprint density at radius 3 is 2.27 bits per heavy atom. The lowest BCUT2D eigenvalue weighted by Crippen LogP contribution is -2.52. The normalized spacial score (nSPS) is 27.1. The van der Waals surface area contributed by atoms with Crippen molar-refractivity contribution in [1.82, 2.24) is 10.2 Å². The molecular weight excluding hydrogens is 481 g/mol. The van der Waals surface area contributed by atoms with E-state index in [4.69, 9.17) is 14.2 Å². The highest BCUT2D eigenvalue weighted by Gasteiger charge is 2.41. The molecule has 0 aromatic heterocycles. The fraction of sp³-hybridized carbons (Fsp3) is 0.667. The molecule has 1 saturated carbocycles. The number of benzene rings is 1. The van der Waals surface area contributed by atoms with Crippen LogP contribution in [0.2, 0.25) is 0 Å². The van der Waals surface area contributed by atoms with Crippen molar-refractivity contribution in [2.24, 2.45) is 5.92 Å². The summed E-state index contributed by atoms with van der Waals surface area (Å²) >= 11 is 0. The van der Waals surface area contributed by atoms with E-state index < -0.39 is 17.8 Å². The number of amides is 3. The van der Waals surface area contributed by atoms with Gasteiger partial charge in [-0.25, -0.2) is 4.39 Å². The Morgan fingerprint density at radius 1 is 0.946 bits per heavy atom. The van der Waals surface area contributed by atoms with Crippen LogP contribution in [0, 0.1) is 11.7 Å². The van der Waals surface area contributed by atoms with E-state index in [1.165, 1.54) is 4.90 Å². The van der Waals surface area contributed by atoms with E-state index in [9.17, 15) is 14.4 Å². The Balaban J connectivity index is 1.16. The topological polar surface area (TPSA) is 97.4 Å². The van der Waals surface area contributed by atoms with Crippen LogP contribution in [0.25, 0.3) is 0 Å². The van der Waals surface area contributed by atoms with Crippen LogP contribution in [-0.4, -0.2) is 74.5 Å². The van der Waals surface area contributed by atoms with Crippen molar-refractivity contribution >= 4 is 23.4 Å². The molecule has 0 radical (unpaired) electrons. The summed E-state index contributed by atoms with van der Waals surface area (Å²) in [5, 5.41) is 2.28. The van der Waals surface area contributed by atoms with Crippen LogP contribution >= 0.6 is 0 Å². The Labute approximate surface area is 216 Å². The molecular formula is C27H36FN3O6. The smallest absolute Gasteiger partial charge is 0.255 e. The van der Waals surface area contributed by atoms with Gasteiger partial charge in [0.05, 0.1) is 24.4 Å². The number of nitrogens with one attached hydrogen (secondary N) is 1. The van der Waals surface area contributed by atoms with Gasteiger partial charge in [0.1, 0.15) is 6.04 Å². The molecule has 3 aliphatic heterocycles. The maximum atomic E-state index is 15.6. The standard InChI is InChI=1S/C27H36FN3O6/c1-35-27(36-2)16-3-5-17(6-4-16)37-18-11-13-30(14-12-18)21-8-7-19-20(24(21)28)15-31(26(19)34)22-9-10-23(32)29-25(22)33/h7-8,16-18,22,27H,3-6,9-15H2,1-2H3,(H,29,32,33). The summed E-state index contributed by atoms with van der Waals surface area (Å²) in [7, 11) is 3.36. The zero-order valence-electron chi connectivity index (χ0n) is 21.5. The minimum Gasteiger partial charge on any atom is -0.375 e. The third kappa shape index (κ3) is 5.24. The van der Waals surface area contributed by atoms with Gasteiger partial charge in [0, 0.05) is 50.8 Å². The molecule has 10 heteroatoms. The number of halogens is 1. The van der Waals surface area contributed by atoms with E-state index in [1.807, 2.05) is 4.90 Å². The maximum Gasteiger partial charge on any atom is 0.255 e. The van der Waals surface area contributed by atoms with Gasteiger partial charge in [0.25, 0.3) is 5.91 Å². The van der Waals surface area contributed by atoms with Gasteiger partial charge in [-0.1, -0.05) is 0 Å². The van der Waals surface area contributed by atoms with E-state index in [0.29, 0.717) is 35.8 Å². The second-order valence-corrected chi connectivity index (χ2v) is 10.5. The third-order valence-corrected chi connectivity index (χ3v) is 8.36. The summed E-state index contributed by atoms with van der Waals surface area (Å²) < 4.78 is 32.9. The van der Waals surface area contributed by atoms with Gasteiger partial charge in [-0.3, -0.25) is 19.7 Å². The zero-order valence-corrected chi connectivity index (χ0v) is 21.5. The number of carbonyl (C=O) groups is 3. The molecule has 1 aliphatic carbocycles. The number of hydrogen-bond donors (Lipinski definition) is 1. The van der Waals surface area contributed by atoms with E-state index in [0.717, 1.165) is 38.5 Å². The van der Waals surface area contributed by atoms with Gasteiger partial charge in [0.15, 0.2) is 12.1 Å². The average Bonchev–Trinajstić information content (AvgIpc) is 3.23. The molecule has 37 heavy (non-hydrogen) atoms. The van der Waals surface area contributed by atoms with Gasteiger partial charge in [-0.15, -0.1) is 0 Å². The molecule has 202 valence electrons. The first kappa shape index (κ1) is 26.1. The number of piperidine rings is 2. The molecule has 3 heterocycles. The monoisotopic (exact) mass is 517 g/mol. The lowest BCUT2D eigenvalue weighted by atomic mass is 9.86. The molecule has 0 spiro atoms. The molecule has 1 atom stereocenters. The number of anilines is 1. The fourth-order valence-electron chi connectivity index (χ4n) is 6.32. The molecule has 0 bridgehead atoms. The summed E-state index contributed by atoms with van der Waals surface area (Å²) in [5.74, 6) is -1.20. The van der Waals surface area contributed by atoms with Crippen molar-refractivity contribution in [2.75, 3.05) is 32.2 Å². The maximum absolute atomic E-state index is 15.6. The van der Waals surface area contributed by atoms with Crippen LogP contribution in [0.1, 0.15) is 67.3 Å². The number of nitrogens with zero attached hydrogens (tertiary/aromatic N) is 2. The van der Waals surface area contributed by atoms with Crippen molar-refractivity contribution in [3.05, 3.63) is 29.1 Å². The van der Waals surface area contributed by atoms with Crippen molar-refractivity contribution in [3.8, 4) is 0 Å². The quantitative estimate of drug-likeness (QED) is 0.439. The van der Waals surface area contributed by atoms with Crippen LogP contribution in [0.15, 0.2) is 12.1 Å². The largest absolute Gasteiger partial charge is 0.375 e. The predicted octanol–water partition coefficient (Wildman–Crippen LogP) is 2.75. The summed E-state index contributed by atoms with van der Waals surface area (Å²) in [6, 6.07) is 2.58. The molecule has 3 amide bonds. The second-order valence-electron chi connectivity index (χ2n) is 10.5. The third-order valence-electron chi connectivity index (χ3n) is 8.36. The van der Waals surface area contributed by atoms with Crippen LogP contribution in [0.4, 0.5) is 10.1 Å². The minimum absolute atomic E-state index is 0.0371. The van der Waals surface area contributed by atoms with Gasteiger partial charge in [-0.2, -0.15) is 0 Å². The number of ether oxygens (including phenoxy) is 3. The highest BCUT2D eigenvalue weighted by atomic mass is 19.1. The fourth-order valence-corrected chi connectivity index (χ4v) is 6.32. The lowest BCUT2D eigenvalue weighted by molar-refractivity contribution is -0.153. The van der Waals surface area contributed by atoms with E-state index in [2.05, 4.69) is 5.32 Å². The van der Waals surface area contributed by atoms with Gasteiger partial charge < -0.3 is 24.0 Å². The van der Waals surface area contributed by atoms with Crippen LogP contribution in [0.5, 0.6) is 0 Å². The number of carbonyl (C=O) groups excluding carboxylic acids is 3. The van der Waals surface area contributed by atoms with Crippen molar-refractivity contribution in [2.45, 2.75) is 82.5 Å². The number of fused-ring (bicyclic) bond motifs is 1. The predicted molar refractivity (Wildman–Crippen MR) is 132 cm³/mol. The van der Waals surface area contributed by atoms with Gasteiger partial charge in [-0.05, 0) is 57.1 Å². The molecule has 9 nitrogen and oxygen atoms in total. The number of methoxy groups -OCH3 is 2. The summed E-state index contributed by atoms with van der Waals surface area (Å²) in [5.41, 5.74) is 1.11. The number of hydrogen-bond acceptors (Lipinski definition) is 7. The summed E-state index contributed by atoms with van der Waals surface area (Å²) in [4.78, 5) is 40.1. The molecule has 2 saturated heterocycles. The van der Waals surface area contributed by atoms with Gasteiger partial charge >= 0.3 is 0 Å². The van der Waals surface area contributed by atoms with Crippen molar-refractivity contribution < 1.29 is 33.0 Å². The molecule has 5 rings (SSSR count). The molecule has 1 aromatic carbocycles. The average molecular weight is 518 g/mol. The van der Waals surface area contributed by atoms with Crippen molar-refractivity contribution in [3.63, 3.8) is 0 Å². The molecule has 1 unspecified atom stereocenters. The van der Waals surface area contributed by atoms with Crippen LogP contribution in [-0.2, 0) is 30.3 Å². The van der Waals surface area contributed by atoms with E-state index in [-0.39, 0.29) is 49.7 Å². The van der Waals surface area contributed by atoms with E-state index >= 15 is 4.39 Å². The first-order valence-corrected chi connectivity index (χ1v) is 13.3. The second kappa shape index (κ2) is 11.0. The summed E-state index contributed by atoms with van der Waals surface area (Å²) in [6.45, 7) is 1.39. The Morgan fingerprint density at radius 2 is 1.62 bits per heavy atom. The Kier molecular flexibility index (Phi) is 7.78. The Bertz CT molecular complexity index is 1030. The highest BCUT2D eigenvalue weighted by molar-refractivity contribution is 6.05. The van der Waals surface area contributed by atoms with Crippen molar-refractivity contribution in [1.29, 1.82) is 0 Å². The highest BCUT2D eigenvalue weighted by Crippen LogP contribution is 2.36. The van der Waals surface area contributed by atoms with Gasteiger partial charge in [0.2, 0.25) is 11.8 Å². The number of rotatable bonds is 7. The summed E-state index contributed by atoms with van der Waals surface area (Å²) in [6.07, 6.45) is 6.32. The van der Waals surface area contributed by atoms with Crippen LogP contribution in [0.3, 0.4) is 0 Å². The first-order valence-electron chi connectivity index (χ1n) is 13.3. The zero-order chi connectivity index (χ0) is 26.1. The van der Waals surface area contributed by atoms with E-state index in [1.54, 1.807) is 26.4 Å². The molecule has 4 aliphatic rings. The Hall–Kier alpha value is -2.56. The SMILES string of the molecule is COC(OC)C1CCC(OC2CCN(c3ccc4c(c3F)CN(C3CCC(=O)NC3=O)C4=O)CC2)CC1. The lowest BCUT2D eigenvalue weighted by Gasteiger charge is -2.38. The molecule has 3 fully saturated rings. The molecule has 1 aromatic rings.